The van der Waals surface area contributed by atoms with Crippen LogP contribution in [0.25, 0.3) is 0 Å². The lowest BCUT2D eigenvalue weighted by Gasteiger charge is -2.08. The molecule has 0 aromatic carbocycles. The highest BCUT2D eigenvalue weighted by molar-refractivity contribution is 6.02. The highest BCUT2D eigenvalue weighted by Crippen LogP contribution is 2.31. The molecule has 4 heteroatoms. The molecule has 0 aliphatic heterocycles. The summed E-state index contributed by atoms with van der Waals surface area (Å²) in [5, 5.41) is 21.3. The van der Waals surface area contributed by atoms with E-state index in [2.05, 4.69) is 12.1 Å². The fourth-order valence-electron chi connectivity index (χ4n) is 3.18. The largest absolute Gasteiger partial charge is 0.481 e. The zero-order chi connectivity index (χ0) is 16.2. The molecular formula is C18H31NO3. The molecule has 0 radical (unpaired) electrons. The molecule has 0 spiro atoms. The van der Waals surface area contributed by atoms with Gasteiger partial charge in [-0.1, -0.05) is 49.8 Å². The number of unbranched alkanes of at least 4 members (excludes halogenated alkanes) is 6. The first-order valence-corrected chi connectivity index (χ1v) is 8.83. The highest BCUT2D eigenvalue weighted by Gasteiger charge is 2.20. The number of aliphatic carboxylic acids is 1. The Bertz CT molecular complexity index is 399. The lowest BCUT2D eigenvalue weighted by Crippen LogP contribution is -1.99. The van der Waals surface area contributed by atoms with Gasteiger partial charge in [0.2, 0.25) is 0 Å². The Morgan fingerprint density at radius 1 is 1.00 bits per heavy atom. The van der Waals surface area contributed by atoms with Crippen LogP contribution >= 0.6 is 0 Å². The topological polar surface area (TPSA) is 69.9 Å². The number of carbonyl (C=O) groups is 1. The van der Waals surface area contributed by atoms with Crippen LogP contribution in [0.5, 0.6) is 0 Å². The molecule has 1 rings (SSSR count). The average molecular weight is 309 g/mol. The van der Waals surface area contributed by atoms with Crippen molar-refractivity contribution in [3.63, 3.8) is 0 Å². The Balaban J connectivity index is 2.34. The third-order valence-corrected chi connectivity index (χ3v) is 4.46. The highest BCUT2D eigenvalue weighted by atomic mass is 16.4. The number of hydrogen-bond donors (Lipinski definition) is 2. The van der Waals surface area contributed by atoms with Crippen LogP contribution in [0.2, 0.25) is 0 Å². The summed E-state index contributed by atoms with van der Waals surface area (Å²) in [5.41, 5.74) is 3.67. The second-order valence-corrected chi connectivity index (χ2v) is 6.25. The zero-order valence-corrected chi connectivity index (χ0v) is 13.9. The van der Waals surface area contributed by atoms with E-state index in [0.717, 1.165) is 57.1 Å². The lowest BCUT2D eigenvalue weighted by atomic mass is 9.98. The molecule has 1 aliphatic carbocycles. The molecule has 0 aromatic rings. The van der Waals surface area contributed by atoms with Crippen molar-refractivity contribution in [1.82, 2.24) is 0 Å². The van der Waals surface area contributed by atoms with Crippen LogP contribution in [0.15, 0.2) is 16.3 Å². The predicted octanol–water partition coefficient (Wildman–Crippen LogP) is 5.30. The monoisotopic (exact) mass is 309 g/mol. The molecule has 0 heterocycles. The van der Waals surface area contributed by atoms with Gasteiger partial charge in [-0.3, -0.25) is 4.79 Å². The van der Waals surface area contributed by atoms with Gasteiger partial charge in [-0.2, -0.15) is 0 Å². The summed E-state index contributed by atoms with van der Waals surface area (Å²) in [6.45, 7) is 2.22. The van der Waals surface area contributed by atoms with Crippen LogP contribution in [0.4, 0.5) is 0 Å². The molecule has 0 saturated heterocycles. The van der Waals surface area contributed by atoms with Crippen molar-refractivity contribution in [1.29, 1.82) is 0 Å². The van der Waals surface area contributed by atoms with Crippen LogP contribution in [0.3, 0.4) is 0 Å². The molecule has 4 nitrogen and oxygen atoms in total. The van der Waals surface area contributed by atoms with Crippen LogP contribution in [0.1, 0.15) is 90.4 Å². The number of rotatable bonds is 12. The minimum absolute atomic E-state index is 0.273. The van der Waals surface area contributed by atoms with E-state index in [1.165, 1.54) is 36.8 Å². The molecule has 0 amide bonds. The number of carboxylic acids is 1. The quantitative estimate of drug-likeness (QED) is 0.292. The van der Waals surface area contributed by atoms with Crippen molar-refractivity contribution in [2.24, 2.45) is 5.16 Å². The van der Waals surface area contributed by atoms with Crippen molar-refractivity contribution < 1.29 is 15.1 Å². The lowest BCUT2D eigenvalue weighted by molar-refractivity contribution is -0.137. The summed E-state index contributed by atoms with van der Waals surface area (Å²) in [4.78, 5) is 10.5. The molecule has 1 aliphatic rings. The summed E-state index contributed by atoms with van der Waals surface area (Å²) < 4.78 is 0. The van der Waals surface area contributed by atoms with Gasteiger partial charge >= 0.3 is 5.97 Å². The average Bonchev–Trinajstić information content (AvgIpc) is 2.89. The van der Waals surface area contributed by atoms with E-state index in [0.29, 0.717) is 0 Å². The van der Waals surface area contributed by atoms with Crippen molar-refractivity contribution in [3.8, 4) is 0 Å². The molecule has 0 fully saturated rings. The van der Waals surface area contributed by atoms with E-state index in [-0.39, 0.29) is 6.42 Å². The number of hydrogen-bond acceptors (Lipinski definition) is 3. The Morgan fingerprint density at radius 3 is 2.36 bits per heavy atom. The maximum atomic E-state index is 10.5. The van der Waals surface area contributed by atoms with Crippen LogP contribution in [-0.2, 0) is 4.79 Å². The Morgan fingerprint density at radius 2 is 1.68 bits per heavy atom. The van der Waals surface area contributed by atoms with E-state index < -0.39 is 5.97 Å². The summed E-state index contributed by atoms with van der Waals surface area (Å²) in [6.07, 6.45) is 13.3. The van der Waals surface area contributed by atoms with E-state index in [1.54, 1.807) is 0 Å². The fourth-order valence-corrected chi connectivity index (χ4v) is 3.18. The molecule has 0 atom stereocenters. The Kier molecular flexibility index (Phi) is 9.60. The molecule has 2 N–H and O–H groups in total. The number of carboxylic acid groups (broad SMARTS) is 1. The predicted molar refractivity (Wildman–Crippen MR) is 89.6 cm³/mol. The summed E-state index contributed by atoms with van der Waals surface area (Å²) >= 11 is 0. The first-order valence-electron chi connectivity index (χ1n) is 8.83. The van der Waals surface area contributed by atoms with Gasteiger partial charge in [0.1, 0.15) is 0 Å². The van der Waals surface area contributed by atoms with Crippen LogP contribution in [0, 0.1) is 0 Å². The molecule has 0 bridgehead atoms. The molecule has 0 aromatic heterocycles. The van der Waals surface area contributed by atoms with Gasteiger partial charge < -0.3 is 10.3 Å². The van der Waals surface area contributed by atoms with E-state index in [4.69, 9.17) is 10.3 Å². The first kappa shape index (κ1) is 18.7. The van der Waals surface area contributed by atoms with Gasteiger partial charge in [-0.05, 0) is 50.5 Å². The zero-order valence-electron chi connectivity index (χ0n) is 13.9. The molecular weight excluding hydrogens is 278 g/mol. The van der Waals surface area contributed by atoms with Gasteiger partial charge in [0.25, 0.3) is 0 Å². The number of nitrogens with zero attached hydrogens (tertiary/aromatic N) is 1. The van der Waals surface area contributed by atoms with Gasteiger partial charge in [-0.15, -0.1) is 0 Å². The standard InChI is InChI=1S/C18H31NO3/c1-2-3-4-7-10-15-13-14-17(19-22)16(15)11-8-5-6-9-12-18(20)21/h22H,2-14H2,1H3,(H,20,21). The SMILES string of the molecule is CCCCCCC1=C(CCCCCCC(=O)O)C(=NO)CC1. The van der Waals surface area contributed by atoms with Crippen molar-refractivity contribution in [2.75, 3.05) is 0 Å². The van der Waals surface area contributed by atoms with E-state index >= 15 is 0 Å². The third-order valence-electron chi connectivity index (χ3n) is 4.46. The van der Waals surface area contributed by atoms with Crippen LogP contribution < -0.4 is 0 Å². The second-order valence-electron chi connectivity index (χ2n) is 6.25. The van der Waals surface area contributed by atoms with Crippen LogP contribution in [-0.4, -0.2) is 22.0 Å². The second kappa shape index (κ2) is 11.3. The van der Waals surface area contributed by atoms with E-state index in [1.807, 2.05) is 0 Å². The van der Waals surface area contributed by atoms with Gasteiger partial charge in [0, 0.05) is 6.42 Å². The fraction of sp³-hybridized carbons (Fsp3) is 0.778. The molecule has 126 valence electrons. The maximum Gasteiger partial charge on any atom is 0.303 e. The Hall–Kier alpha value is -1.32. The summed E-state index contributed by atoms with van der Waals surface area (Å²) in [6, 6.07) is 0. The normalized spacial score (nSPS) is 16.7. The number of oxime groups is 1. The van der Waals surface area contributed by atoms with Gasteiger partial charge in [0.05, 0.1) is 5.71 Å². The maximum absolute atomic E-state index is 10.5. The number of allylic oxidation sites excluding steroid dienone is 2. The Labute approximate surface area is 134 Å². The van der Waals surface area contributed by atoms with Gasteiger partial charge in [0.15, 0.2) is 0 Å². The minimum Gasteiger partial charge on any atom is -0.481 e. The molecule has 0 unspecified atom stereocenters. The van der Waals surface area contributed by atoms with Crippen molar-refractivity contribution >= 4 is 11.7 Å². The van der Waals surface area contributed by atoms with Gasteiger partial charge in [-0.25, -0.2) is 0 Å². The molecule has 22 heavy (non-hydrogen) atoms. The first-order chi connectivity index (χ1) is 10.7. The minimum atomic E-state index is -0.706. The summed E-state index contributed by atoms with van der Waals surface area (Å²) in [7, 11) is 0. The smallest absolute Gasteiger partial charge is 0.303 e. The van der Waals surface area contributed by atoms with E-state index in [9.17, 15) is 4.79 Å². The van der Waals surface area contributed by atoms with Crippen molar-refractivity contribution in [2.45, 2.75) is 90.4 Å². The summed E-state index contributed by atoms with van der Waals surface area (Å²) in [5.74, 6) is -0.706. The third kappa shape index (κ3) is 7.10. The molecule has 0 saturated carbocycles. The van der Waals surface area contributed by atoms with Crippen molar-refractivity contribution in [3.05, 3.63) is 11.1 Å².